The average Bonchev–Trinajstić information content (AvgIpc) is 3.36. The van der Waals surface area contributed by atoms with Crippen molar-refractivity contribution in [3.8, 4) is 17.1 Å². The number of hydrogen-bond acceptors (Lipinski definition) is 6. The zero-order valence-electron chi connectivity index (χ0n) is 15.4. The lowest BCUT2D eigenvalue weighted by atomic mass is 10.1. The van der Waals surface area contributed by atoms with Gasteiger partial charge in [-0.2, -0.15) is 0 Å². The number of carbonyl (C=O) groups excluding carboxylic acids is 2. The fraction of sp³-hybridized carbons (Fsp3) is 0.211. The van der Waals surface area contributed by atoms with Crippen LogP contribution in [0.25, 0.3) is 17.1 Å². The second kappa shape index (κ2) is 7.66. The molecule has 1 aliphatic heterocycles. The lowest BCUT2D eigenvalue weighted by Crippen LogP contribution is -2.33. The maximum Gasteiger partial charge on any atom is 0.414 e. The fourth-order valence-corrected chi connectivity index (χ4v) is 2.97. The molecule has 1 fully saturated rings. The van der Waals surface area contributed by atoms with E-state index in [-0.39, 0.29) is 19.0 Å². The van der Waals surface area contributed by atoms with Gasteiger partial charge in [-0.3, -0.25) is 14.3 Å². The van der Waals surface area contributed by atoms with Gasteiger partial charge in [0.2, 0.25) is 11.9 Å². The van der Waals surface area contributed by atoms with Crippen LogP contribution in [0, 0.1) is 5.82 Å². The third-order valence-electron chi connectivity index (χ3n) is 4.40. The molecule has 10 heteroatoms. The number of amides is 2. The minimum Gasteiger partial charge on any atom is -0.442 e. The lowest BCUT2D eigenvalue weighted by molar-refractivity contribution is -0.119. The van der Waals surface area contributed by atoms with Gasteiger partial charge >= 0.3 is 6.09 Å². The fourth-order valence-electron chi connectivity index (χ4n) is 2.97. The molecule has 0 radical (unpaired) electrons. The second-order valence-electron chi connectivity index (χ2n) is 6.46. The minimum absolute atomic E-state index is 0.207. The van der Waals surface area contributed by atoms with Crippen molar-refractivity contribution in [2.24, 2.45) is 0 Å². The molecule has 29 heavy (non-hydrogen) atoms. The Bertz CT molecular complexity index is 1040. The van der Waals surface area contributed by atoms with Gasteiger partial charge in [0, 0.05) is 42.8 Å². The van der Waals surface area contributed by atoms with Crippen LogP contribution in [0.3, 0.4) is 0 Å². The number of nitrogens with one attached hydrogen (secondary N) is 1. The molecule has 0 spiro atoms. The van der Waals surface area contributed by atoms with Crippen molar-refractivity contribution in [3.63, 3.8) is 0 Å². The van der Waals surface area contributed by atoms with E-state index in [1.54, 1.807) is 35.4 Å². The summed E-state index contributed by atoms with van der Waals surface area (Å²) in [7, 11) is 0. The van der Waals surface area contributed by atoms with E-state index in [0.29, 0.717) is 22.8 Å². The number of benzene rings is 1. The number of carbonyl (C=O) groups is 2. The summed E-state index contributed by atoms with van der Waals surface area (Å²) in [6.07, 6.45) is 6.86. The van der Waals surface area contributed by atoms with Gasteiger partial charge in [0.1, 0.15) is 18.2 Å². The molecule has 2 aromatic heterocycles. The predicted molar refractivity (Wildman–Crippen MR) is 101 cm³/mol. The van der Waals surface area contributed by atoms with Gasteiger partial charge in [-0.05, 0) is 18.2 Å². The summed E-state index contributed by atoms with van der Waals surface area (Å²) in [6.45, 7) is 1.81. The molecule has 9 nitrogen and oxygen atoms in total. The smallest absolute Gasteiger partial charge is 0.414 e. The first-order valence-electron chi connectivity index (χ1n) is 8.84. The van der Waals surface area contributed by atoms with Crippen LogP contribution in [0.5, 0.6) is 0 Å². The summed E-state index contributed by atoms with van der Waals surface area (Å²) in [6, 6.07) is 4.46. The van der Waals surface area contributed by atoms with Crippen LogP contribution in [0.1, 0.15) is 6.92 Å². The zero-order valence-corrected chi connectivity index (χ0v) is 15.4. The van der Waals surface area contributed by atoms with Crippen molar-refractivity contribution >= 4 is 17.7 Å². The monoisotopic (exact) mass is 396 g/mol. The maximum atomic E-state index is 14.7. The molecular formula is C19H17FN6O3. The largest absolute Gasteiger partial charge is 0.442 e. The number of cyclic esters (lactones) is 1. The van der Waals surface area contributed by atoms with Gasteiger partial charge in [0.25, 0.3) is 0 Å². The van der Waals surface area contributed by atoms with Crippen LogP contribution in [-0.4, -0.2) is 50.7 Å². The molecule has 1 aromatic carbocycles. The van der Waals surface area contributed by atoms with Crippen molar-refractivity contribution < 1.29 is 18.7 Å². The molecule has 4 rings (SSSR count). The van der Waals surface area contributed by atoms with E-state index >= 15 is 0 Å². The van der Waals surface area contributed by atoms with Gasteiger partial charge < -0.3 is 10.1 Å². The normalized spacial score (nSPS) is 16.0. The number of rotatable bonds is 5. The highest BCUT2D eigenvalue weighted by Crippen LogP contribution is 2.28. The van der Waals surface area contributed by atoms with Crippen LogP contribution in [-0.2, 0) is 9.53 Å². The quantitative estimate of drug-likeness (QED) is 0.707. The van der Waals surface area contributed by atoms with Gasteiger partial charge in [0.15, 0.2) is 0 Å². The molecule has 0 unspecified atom stereocenters. The Morgan fingerprint density at radius 3 is 2.79 bits per heavy atom. The summed E-state index contributed by atoms with van der Waals surface area (Å²) in [5.74, 6) is -0.302. The second-order valence-corrected chi connectivity index (χ2v) is 6.46. The summed E-state index contributed by atoms with van der Waals surface area (Å²) in [5.41, 5.74) is 1.19. The Hall–Kier alpha value is -3.82. The first kappa shape index (κ1) is 18.5. The van der Waals surface area contributed by atoms with E-state index in [1.165, 1.54) is 30.3 Å². The first-order valence-corrected chi connectivity index (χ1v) is 8.84. The number of ether oxygens (including phenoxy) is 1. The van der Waals surface area contributed by atoms with Gasteiger partial charge in [-0.1, -0.05) is 0 Å². The minimum atomic E-state index is -0.583. The molecule has 1 N–H and O–H groups in total. The number of hydrogen-bond donors (Lipinski definition) is 1. The molecule has 1 atom stereocenters. The first-order chi connectivity index (χ1) is 14.0. The molecule has 2 amide bonds. The third-order valence-corrected chi connectivity index (χ3v) is 4.40. The molecular weight excluding hydrogens is 379 g/mol. The van der Waals surface area contributed by atoms with Crippen LogP contribution in [0.2, 0.25) is 0 Å². The van der Waals surface area contributed by atoms with Crippen molar-refractivity contribution in [1.29, 1.82) is 0 Å². The van der Waals surface area contributed by atoms with E-state index in [4.69, 9.17) is 4.74 Å². The number of aromatic nitrogens is 4. The standard InChI is InChI=1S/C19H17FN6O3/c1-12(27)22-9-15-10-26(19(28)29-15)14-2-3-16(17(20)6-14)13-7-23-18(24-8-13)25-5-4-21-11-25/h2-8,11,15H,9-10H2,1H3,(H,22,27)/t15-/m0/s1. The van der Waals surface area contributed by atoms with Crippen molar-refractivity contribution in [2.45, 2.75) is 13.0 Å². The SMILES string of the molecule is CC(=O)NC[C@H]1CN(c2ccc(-c3cnc(-n4ccnc4)nc3)c(F)c2)C(=O)O1. The number of anilines is 1. The van der Waals surface area contributed by atoms with Crippen molar-refractivity contribution in [2.75, 3.05) is 18.0 Å². The summed E-state index contributed by atoms with van der Waals surface area (Å²) in [4.78, 5) is 36.8. The Morgan fingerprint density at radius 2 is 2.14 bits per heavy atom. The topological polar surface area (TPSA) is 102 Å². The maximum absolute atomic E-state index is 14.7. The molecule has 0 saturated carbocycles. The highest BCUT2D eigenvalue weighted by atomic mass is 19.1. The van der Waals surface area contributed by atoms with Crippen LogP contribution < -0.4 is 10.2 Å². The Morgan fingerprint density at radius 1 is 1.34 bits per heavy atom. The van der Waals surface area contributed by atoms with Gasteiger partial charge in [0.05, 0.1) is 18.8 Å². The predicted octanol–water partition coefficient (Wildman–Crippen LogP) is 1.93. The number of imidazole rings is 1. The summed E-state index contributed by atoms with van der Waals surface area (Å²) in [5, 5.41) is 2.60. The van der Waals surface area contributed by atoms with Gasteiger partial charge in [-0.15, -0.1) is 0 Å². The molecule has 1 aliphatic rings. The molecule has 1 saturated heterocycles. The van der Waals surface area contributed by atoms with Crippen molar-refractivity contribution in [1.82, 2.24) is 24.8 Å². The average molecular weight is 396 g/mol. The number of nitrogens with zero attached hydrogens (tertiary/aromatic N) is 5. The summed E-state index contributed by atoms with van der Waals surface area (Å²) < 4.78 is 21.6. The van der Waals surface area contributed by atoms with E-state index in [2.05, 4.69) is 20.3 Å². The zero-order chi connectivity index (χ0) is 20.4. The number of halogens is 1. The van der Waals surface area contributed by atoms with Crippen LogP contribution >= 0.6 is 0 Å². The third kappa shape index (κ3) is 3.91. The van der Waals surface area contributed by atoms with E-state index in [1.807, 2.05) is 0 Å². The highest BCUT2D eigenvalue weighted by Gasteiger charge is 2.32. The molecule has 148 valence electrons. The van der Waals surface area contributed by atoms with Gasteiger partial charge in [-0.25, -0.2) is 24.1 Å². The van der Waals surface area contributed by atoms with E-state index in [0.717, 1.165) is 0 Å². The van der Waals surface area contributed by atoms with Crippen LogP contribution in [0.4, 0.5) is 14.9 Å². The Labute approximate surface area is 165 Å². The lowest BCUT2D eigenvalue weighted by Gasteiger charge is -2.14. The van der Waals surface area contributed by atoms with Crippen molar-refractivity contribution in [3.05, 3.63) is 55.1 Å². The van der Waals surface area contributed by atoms with Crippen LogP contribution in [0.15, 0.2) is 49.3 Å². The molecule has 0 bridgehead atoms. The van der Waals surface area contributed by atoms with E-state index in [9.17, 15) is 14.0 Å². The molecule has 3 heterocycles. The highest BCUT2D eigenvalue weighted by molar-refractivity contribution is 5.90. The summed E-state index contributed by atoms with van der Waals surface area (Å²) >= 11 is 0. The van der Waals surface area contributed by atoms with E-state index < -0.39 is 18.0 Å². The molecule has 0 aliphatic carbocycles. The Kier molecular flexibility index (Phi) is 4.90. The molecule has 3 aromatic rings. The Balaban J connectivity index is 1.51.